The first-order chi connectivity index (χ1) is 11.2. The highest BCUT2D eigenvalue weighted by Crippen LogP contribution is 2.35. The van der Waals surface area contributed by atoms with Crippen molar-refractivity contribution in [3.05, 3.63) is 65.0 Å². The summed E-state index contributed by atoms with van der Waals surface area (Å²) in [6.45, 7) is 3.06. The van der Waals surface area contributed by atoms with E-state index < -0.39 is 0 Å². The summed E-state index contributed by atoms with van der Waals surface area (Å²) in [6.07, 6.45) is 1.05. The Bertz CT molecular complexity index is 846. The van der Waals surface area contributed by atoms with E-state index in [-0.39, 0.29) is 6.04 Å². The molecule has 4 nitrogen and oxygen atoms in total. The molecule has 2 aromatic carbocycles. The predicted molar refractivity (Wildman–Crippen MR) is 90.7 cm³/mol. The predicted octanol–water partition coefficient (Wildman–Crippen LogP) is 4.51. The minimum absolute atomic E-state index is 0.0408. The summed E-state index contributed by atoms with van der Waals surface area (Å²) in [7, 11) is 0. The molecule has 116 valence electrons. The van der Waals surface area contributed by atoms with Crippen LogP contribution in [0.5, 0.6) is 0 Å². The molecular formula is C18H16ClN3O. The van der Waals surface area contributed by atoms with Crippen LogP contribution >= 0.6 is 11.6 Å². The van der Waals surface area contributed by atoms with Gasteiger partial charge in [-0.15, -0.1) is 10.2 Å². The van der Waals surface area contributed by atoms with Crippen LogP contribution in [0.3, 0.4) is 0 Å². The van der Waals surface area contributed by atoms with Crippen LogP contribution in [0.1, 0.15) is 24.4 Å². The molecule has 0 saturated carbocycles. The van der Waals surface area contributed by atoms with E-state index in [2.05, 4.69) is 46.3 Å². The molecule has 1 aliphatic rings. The quantitative estimate of drug-likeness (QED) is 0.710. The third-order valence-corrected chi connectivity index (χ3v) is 4.50. The number of para-hydroxylation sites is 1. The Morgan fingerprint density at radius 3 is 2.87 bits per heavy atom. The van der Waals surface area contributed by atoms with Gasteiger partial charge in [0, 0.05) is 22.8 Å². The van der Waals surface area contributed by atoms with Gasteiger partial charge in [0.15, 0.2) is 0 Å². The van der Waals surface area contributed by atoms with Crippen molar-refractivity contribution in [2.24, 2.45) is 0 Å². The van der Waals surface area contributed by atoms with Crippen LogP contribution in [0.4, 0.5) is 5.69 Å². The van der Waals surface area contributed by atoms with Crippen LogP contribution in [-0.4, -0.2) is 16.7 Å². The van der Waals surface area contributed by atoms with E-state index in [1.807, 2.05) is 24.3 Å². The minimum atomic E-state index is 0.0408. The Morgan fingerprint density at radius 2 is 2.00 bits per heavy atom. The van der Waals surface area contributed by atoms with Crippen molar-refractivity contribution >= 4 is 17.3 Å². The van der Waals surface area contributed by atoms with Crippen molar-refractivity contribution in [3.63, 3.8) is 0 Å². The number of halogens is 1. The Hall–Kier alpha value is -2.33. The highest BCUT2D eigenvalue weighted by Gasteiger charge is 2.27. The lowest BCUT2D eigenvalue weighted by Gasteiger charge is -2.24. The molecule has 23 heavy (non-hydrogen) atoms. The average molecular weight is 326 g/mol. The fourth-order valence-electron chi connectivity index (χ4n) is 3.04. The third kappa shape index (κ3) is 2.59. The zero-order valence-electron chi connectivity index (χ0n) is 12.7. The molecule has 0 aliphatic carbocycles. The molecule has 0 spiro atoms. The number of hydrogen-bond acceptors (Lipinski definition) is 4. The van der Waals surface area contributed by atoms with Crippen LogP contribution in [0, 0.1) is 0 Å². The zero-order chi connectivity index (χ0) is 15.8. The van der Waals surface area contributed by atoms with Gasteiger partial charge in [0.05, 0.1) is 0 Å². The lowest BCUT2D eigenvalue weighted by molar-refractivity contribution is 0.459. The van der Waals surface area contributed by atoms with Gasteiger partial charge in [-0.1, -0.05) is 35.9 Å². The maximum Gasteiger partial charge on any atom is 0.247 e. The maximum absolute atomic E-state index is 6.03. The van der Waals surface area contributed by atoms with Crippen LogP contribution in [0.15, 0.2) is 52.9 Å². The monoisotopic (exact) mass is 325 g/mol. The average Bonchev–Trinajstić information content (AvgIpc) is 3.22. The van der Waals surface area contributed by atoms with Gasteiger partial charge in [0.25, 0.3) is 0 Å². The molecule has 1 aliphatic heterocycles. The molecule has 0 radical (unpaired) electrons. The second-order valence-corrected chi connectivity index (χ2v) is 6.14. The van der Waals surface area contributed by atoms with Gasteiger partial charge < -0.3 is 9.32 Å². The number of hydrogen-bond donors (Lipinski definition) is 0. The first kappa shape index (κ1) is 14.3. The molecule has 4 rings (SSSR count). The fourth-order valence-corrected chi connectivity index (χ4v) is 3.23. The van der Waals surface area contributed by atoms with Crippen molar-refractivity contribution in [1.82, 2.24) is 10.2 Å². The molecule has 0 fully saturated rings. The number of anilines is 1. The van der Waals surface area contributed by atoms with Gasteiger partial charge in [-0.2, -0.15) is 0 Å². The Balaban J connectivity index is 1.62. The fraction of sp³-hybridized carbons (Fsp3) is 0.222. The summed E-state index contributed by atoms with van der Waals surface area (Å²) in [6, 6.07) is 16.0. The van der Waals surface area contributed by atoms with E-state index in [9.17, 15) is 0 Å². The summed E-state index contributed by atoms with van der Waals surface area (Å²) >= 11 is 6.03. The number of benzene rings is 2. The summed E-state index contributed by atoms with van der Waals surface area (Å²) in [5.41, 5.74) is 3.46. The third-order valence-electron chi connectivity index (χ3n) is 4.26. The van der Waals surface area contributed by atoms with Gasteiger partial charge >= 0.3 is 0 Å². The minimum Gasteiger partial charge on any atom is -0.418 e. The van der Waals surface area contributed by atoms with Crippen molar-refractivity contribution in [2.75, 3.05) is 11.4 Å². The van der Waals surface area contributed by atoms with Crippen molar-refractivity contribution < 1.29 is 4.42 Å². The number of rotatable bonds is 3. The largest absolute Gasteiger partial charge is 0.418 e. The number of nitrogens with zero attached hydrogens (tertiary/aromatic N) is 3. The second-order valence-electron chi connectivity index (χ2n) is 5.70. The standard InChI is InChI=1S/C18H16ClN3O/c1-12(22-10-9-13-5-2-3-8-16(13)22)17-20-21-18(23-17)14-6-4-7-15(19)11-14/h2-8,11-12H,9-10H2,1H3. The van der Waals surface area contributed by atoms with E-state index >= 15 is 0 Å². The molecule has 0 amide bonds. The molecule has 2 heterocycles. The van der Waals surface area contributed by atoms with Crippen LogP contribution in [-0.2, 0) is 6.42 Å². The highest BCUT2D eigenvalue weighted by atomic mass is 35.5. The second kappa shape index (κ2) is 5.70. The van der Waals surface area contributed by atoms with Crippen molar-refractivity contribution in [2.45, 2.75) is 19.4 Å². The van der Waals surface area contributed by atoms with E-state index in [1.54, 1.807) is 0 Å². The van der Waals surface area contributed by atoms with E-state index in [0.717, 1.165) is 18.5 Å². The van der Waals surface area contributed by atoms with Crippen molar-refractivity contribution in [1.29, 1.82) is 0 Å². The molecule has 0 bridgehead atoms. The zero-order valence-corrected chi connectivity index (χ0v) is 13.5. The normalized spacial score (nSPS) is 14.8. The topological polar surface area (TPSA) is 42.2 Å². The smallest absolute Gasteiger partial charge is 0.247 e. The first-order valence-electron chi connectivity index (χ1n) is 7.66. The number of aromatic nitrogens is 2. The van der Waals surface area contributed by atoms with Crippen LogP contribution in [0.2, 0.25) is 5.02 Å². The Labute approximate surface area is 139 Å². The van der Waals surface area contributed by atoms with E-state index in [1.165, 1.54) is 11.3 Å². The lowest BCUT2D eigenvalue weighted by atomic mass is 10.2. The van der Waals surface area contributed by atoms with E-state index in [4.69, 9.17) is 16.0 Å². The summed E-state index contributed by atoms with van der Waals surface area (Å²) in [5.74, 6) is 1.12. The van der Waals surface area contributed by atoms with Gasteiger partial charge in [0.2, 0.25) is 11.8 Å². The highest BCUT2D eigenvalue weighted by molar-refractivity contribution is 6.30. The van der Waals surface area contributed by atoms with Gasteiger partial charge in [-0.05, 0) is 43.2 Å². The molecule has 3 aromatic rings. The summed E-state index contributed by atoms with van der Waals surface area (Å²) in [5, 5.41) is 9.07. The Morgan fingerprint density at radius 1 is 1.13 bits per heavy atom. The molecule has 1 atom stereocenters. The Kier molecular flexibility index (Phi) is 3.54. The van der Waals surface area contributed by atoms with Gasteiger partial charge in [-0.3, -0.25) is 0 Å². The van der Waals surface area contributed by atoms with Gasteiger partial charge in [0.1, 0.15) is 6.04 Å². The van der Waals surface area contributed by atoms with Crippen LogP contribution < -0.4 is 4.90 Å². The molecule has 1 aromatic heterocycles. The molecule has 0 saturated heterocycles. The lowest BCUT2D eigenvalue weighted by Crippen LogP contribution is -2.24. The van der Waals surface area contributed by atoms with Crippen molar-refractivity contribution in [3.8, 4) is 11.5 Å². The molecular weight excluding hydrogens is 310 g/mol. The van der Waals surface area contributed by atoms with Gasteiger partial charge in [-0.25, -0.2) is 0 Å². The molecule has 0 N–H and O–H groups in total. The summed E-state index contributed by atoms with van der Waals surface area (Å²) in [4.78, 5) is 2.31. The molecule has 1 unspecified atom stereocenters. The van der Waals surface area contributed by atoms with Crippen LogP contribution in [0.25, 0.3) is 11.5 Å². The summed E-state index contributed by atoms with van der Waals surface area (Å²) < 4.78 is 5.89. The maximum atomic E-state index is 6.03. The van der Waals surface area contributed by atoms with E-state index in [0.29, 0.717) is 16.8 Å². The number of fused-ring (bicyclic) bond motifs is 1. The SMILES string of the molecule is CC(c1nnc(-c2cccc(Cl)c2)o1)N1CCc2ccccc21. The first-order valence-corrected chi connectivity index (χ1v) is 8.04. The molecule has 5 heteroatoms.